The monoisotopic (exact) mass is 290 g/mol. The number of hydrogen-bond donors (Lipinski definition) is 0. The Morgan fingerprint density at radius 3 is 1.32 bits per heavy atom. The van der Waals surface area contributed by atoms with Crippen molar-refractivity contribution in [2.75, 3.05) is 0 Å². The van der Waals surface area contributed by atoms with E-state index >= 15 is 0 Å². The van der Waals surface area contributed by atoms with E-state index in [1.807, 2.05) is 0 Å². The predicted molar refractivity (Wildman–Crippen MR) is 89.8 cm³/mol. The third kappa shape index (κ3) is 19.4. The van der Waals surface area contributed by atoms with Crippen LogP contribution in [0.4, 0.5) is 0 Å². The Labute approximate surface area is 156 Å². The molecule has 0 atom stereocenters. The molecule has 0 saturated carbocycles. The second-order valence-electron chi connectivity index (χ2n) is 5.95. The Morgan fingerprint density at radius 1 is 0.579 bits per heavy atom. The molecule has 0 nitrogen and oxygen atoms in total. The first kappa shape index (κ1) is 20.4. The van der Waals surface area contributed by atoms with Crippen molar-refractivity contribution >= 4 is 49.0 Å². The van der Waals surface area contributed by atoms with Crippen LogP contribution in [0.25, 0.3) is 0 Å². The molecular formula is C18H35K. The molecule has 0 amide bonds. The molecule has 0 bridgehead atoms. The van der Waals surface area contributed by atoms with Crippen molar-refractivity contribution in [3.8, 4) is 0 Å². The molecular weight excluding hydrogens is 255 g/mol. The maximum absolute atomic E-state index is 2.38. The van der Waals surface area contributed by atoms with Gasteiger partial charge in [0.1, 0.15) is 0 Å². The summed E-state index contributed by atoms with van der Waals surface area (Å²) in [6.45, 7) is 2.29. The van der Waals surface area contributed by atoms with Crippen LogP contribution in [-0.4, -0.2) is 49.0 Å². The van der Waals surface area contributed by atoms with E-state index in [0.29, 0.717) is 0 Å². The zero-order valence-electron chi connectivity index (χ0n) is 13.8. The third-order valence-corrected chi connectivity index (χ3v) is 4.70. The summed E-state index contributed by atoms with van der Waals surface area (Å²) < 4.78 is 2.36. The van der Waals surface area contributed by atoms with Gasteiger partial charge in [-0.2, -0.15) is 0 Å². The van der Waals surface area contributed by atoms with Gasteiger partial charge in [-0.15, -0.1) is 0 Å². The fourth-order valence-electron chi connectivity index (χ4n) is 2.62. The second kappa shape index (κ2) is 19.4. The van der Waals surface area contributed by atoms with Gasteiger partial charge in [0.05, 0.1) is 0 Å². The Hall–Kier alpha value is 1.38. The maximum atomic E-state index is 2.38. The van der Waals surface area contributed by atoms with Gasteiger partial charge in [0.2, 0.25) is 0 Å². The van der Waals surface area contributed by atoms with Gasteiger partial charge in [0.15, 0.2) is 0 Å². The summed E-state index contributed by atoms with van der Waals surface area (Å²) in [4.78, 5) is 0. The number of rotatable bonds is 15. The molecule has 0 fully saturated rings. The molecule has 0 heterocycles. The Kier molecular flexibility index (Phi) is 20.8. The fraction of sp³-hybridized carbons (Fsp3) is 0.889. The van der Waals surface area contributed by atoms with Crippen LogP contribution in [0.3, 0.4) is 0 Å². The van der Waals surface area contributed by atoms with Gasteiger partial charge in [-0.05, 0) is 0 Å². The average Bonchev–Trinajstić information content (AvgIpc) is 2.43. The molecule has 0 aliphatic heterocycles. The van der Waals surface area contributed by atoms with Crippen LogP contribution in [-0.2, 0) is 0 Å². The van der Waals surface area contributed by atoms with E-state index in [-0.39, 0.29) is 0 Å². The summed E-state index contributed by atoms with van der Waals surface area (Å²) in [7, 11) is 0. The molecule has 19 heavy (non-hydrogen) atoms. The van der Waals surface area contributed by atoms with Crippen LogP contribution in [0.2, 0.25) is 0 Å². The van der Waals surface area contributed by atoms with Crippen molar-refractivity contribution in [1.82, 2.24) is 0 Å². The zero-order chi connectivity index (χ0) is 14.0. The minimum absolute atomic E-state index is 0.920. The third-order valence-electron chi connectivity index (χ3n) is 3.96. The fourth-order valence-corrected chi connectivity index (χ4v) is 3.14. The Balaban J connectivity index is 2.91. The van der Waals surface area contributed by atoms with Crippen molar-refractivity contribution in [2.24, 2.45) is 0 Å². The first-order chi connectivity index (χ1) is 9.41. The number of unbranched alkanes of at least 4 members (excludes halogenated alkanes) is 14. The molecule has 0 saturated heterocycles. The van der Waals surface area contributed by atoms with Crippen LogP contribution in [0, 0.1) is 0 Å². The van der Waals surface area contributed by atoms with Gasteiger partial charge in [-0.1, -0.05) is 39.0 Å². The molecule has 108 valence electrons. The standard InChI is InChI=1S/C18H35.K/c1-3-5-7-9-11-13-15-17-18-16-14-12-10-8-6-4-2;/h1,3H,4-18H2,2H3;. The molecule has 0 N–H and O–H groups in total. The van der Waals surface area contributed by atoms with Crippen molar-refractivity contribution < 1.29 is 0 Å². The van der Waals surface area contributed by atoms with Crippen LogP contribution in [0.5, 0.6) is 0 Å². The molecule has 0 radical (unpaired) electrons. The van der Waals surface area contributed by atoms with Gasteiger partial charge in [-0.25, -0.2) is 0 Å². The molecule has 1 heteroatoms. The molecule has 0 unspecified atom stereocenters. The van der Waals surface area contributed by atoms with E-state index in [0.717, 1.165) is 49.0 Å². The van der Waals surface area contributed by atoms with E-state index in [2.05, 4.69) is 13.2 Å². The van der Waals surface area contributed by atoms with Gasteiger partial charge >= 0.3 is 119 Å². The molecule has 0 spiro atoms. The van der Waals surface area contributed by atoms with Crippen LogP contribution < -0.4 is 0 Å². The van der Waals surface area contributed by atoms with Crippen molar-refractivity contribution in [1.29, 1.82) is 0 Å². The van der Waals surface area contributed by atoms with Gasteiger partial charge in [0.25, 0.3) is 0 Å². The van der Waals surface area contributed by atoms with Crippen LogP contribution in [0.15, 0.2) is 6.25 Å². The number of allylic oxidation sites excluding steroid dienone is 1. The van der Waals surface area contributed by atoms with Crippen LogP contribution >= 0.6 is 0 Å². The Bertz CT molecular complexity index is 175. The first-order valence-corrected chi connectivity index (χ1v) is 10.8. The molecule has 0 aromatic heterocycles. The van der Waals surface area contributed by atoms with Gasteiger partial charge in [-0.3, -0.25) is 0 Å². The van der Waals surface area contributed by atoms with Crippen molar-refractivity contribution in [2.45, 2.75) is 103 Å². The molecule has 0 aliphatic carbocycles. The van der Waals surface area contributed by atoms with E-state index in [1.54, 1.807) is 0 Å². The second-order valence-corrected chi connectivity index (χ2v) is 6.99. The van der Waals surface area contributed by atoms with E-state index in [4.69, 9.17) is 0 Å². The number of hydrogen-bond acceptors (Lipinski definition) is 0. The average molecular weight is 291 g/mol. The SMILES string of the molecule is CCCCCCCCCCCCCCCC/C=[CH]/[K]. The predicted octanol–water partition coefficient (Wildman–Crippen LogP) is 6.54. The summed E-state index contributed by atoms with van der Waals surface area (Å²) in [6.07, 6.45) is 24.2. The molecule has 0 aromatic rings. The summed E-state index contributed by atoms with van der Waals surface area (Å²) in [5.74, 6) is 0. The summed E-state index contributed by atoms with van der Waals surface area (Å²) in [6, 6.07) is 0. The van der Waals surface area contributed by atoms with E-state index in [9.17, 15) is 0 Å². The summed E-state index contributed by atoms with van der Waals surface area (Å²) >= 11 is 0.920. The van der Waals surface area contributed by atoms with Gasteiger partial charge in [0, 0.05) is 0 Å². The summed E-state index contributed by atoms with van der Waals surface area (Å²) in [5, 5.41) is 0. The van der Waals surface area contributed by atoms with Crippen molar-refractivity contribution in [3.63, 3.8) is 0 Å². The topological polar surface area (TPSA) is 0 Å². The summed E-state index contributed by atoms with van der Waals surface area (Å²) in [5.41, 5.74) is 0. The van der Waals surface area contributed by atoms with Crippen LogP contribution in [0.1, 0.15) is 103 Å². The first-order valence-electron chi connectivity index (χ1n) is 9.03. The molecule has 0 aliphatic rings. The molecule has 0 aromatic carbocycles. The zero-order valence-corrected chi connectivity index (χ0v) is 16.9. The Morgan fingerprint density at radius 2 is 0.947 bits per heavy atom. The van der Waals surface area contributed by atoms with E-state index < -0.39 is 0 Å². The van der Waals surface area contributed by atoms with Crippen molar-refractivity contribution in [3.05, 3.63) is 6.25 Å². The van der Waals surface area contributed by atoms with Gasteiger partial charge < -0.3 is 0 Å². The minimum atomic E-state index is 0.920. The van der Waals surface area contributed by atoms with E-state index in [1.165, 1.54) is 96.3 Å². The normalized spacial score (nSPS) is 11.5. The molecule has 0 rings (SSSR count). The quantitative estimate of drug-likeness (QED) is 0.237.